The Balaban J connectivity index is 1.89. The first kappa shape index (κ1) is 13.0. The van der Waals surface area contributed by atoms with Gasteiger partial charge in [-0.2, -0.15) is 5.26 Å². The van der Waals surface area contributed by atoms with Gasteiger partial charge < -0.3 is 5.32 Å². The van der Waals surface area contributed by atoms with Crippen molar-refractivity contribution in [2.75, 3.05) is 5.32 Å². The zero-order chi connectivity index (χ0) is 13.9. The molecule has 3 rings (SSSR count). The van der Waals surface area contributed by atoms with E-state index in [9.17, 15) is 0 Å². The van der Waals surface area contributed by atoms with Crippen LogP contribution in [-0.2, 0) is 6.42 Å². The summed E-state index contributed by atoms with van der Waals surface area (Å²) in [7, 11) is 0. The maximum absolute atomic E-state index is 8.99. The first-order valence-corrected chi connectivity index (χ1v) is 7.06. The molecule has 4 heteroatoms. The molecule has 0 aliphatic heterocycles. The summed E-state index contributed by atoms with van der Waals surface area (Å²) in [6.07, 6.45) is 3.34. The minimum absolute atomic E-state index is 0.234. The van der Waals surface area contributed by atoms with Crippen molar-refractivity contribution in [3.63, 3.8) is 0 Å². The summed E-state index contributed by atoms with van der Waals surface area (Å²) in [6, 6.07) is 14.1. The number of benzene rings is 1. The molecule has 2 aromatic rings. The normalized spacial score (nSPS) is 17.1. The van der Waals surface area contributed by atoms with E-state index < -0.39 is 0 Å². The number of rotatable bonds is 2. The SMILES string of the molecule is N#Cc1cc(Cl)nc(NC2CCCc3ccccc32)c1. The minimum Gasteiger partial charge on any atom is -0.363 e. The first-order chi connectivity index (χ1) is 9.76. The summed E-state index contributed by atoms with van der Waals surface area (Å²) < 4.78 is 0. The standard InChI is InChI=1S/C16H14ClN3/c17-15-8-11(10-18)9-16(20-15)19-14-7-3-5-12-4-1-2-6-13(12)14/h1-2,4,6,8-9,14H,3,5,7H2,(H,19,20). The predicted molar refractivity (Wildman–Crippen MR) is 79.7 cm³/mol. The van der Waals surface area contributed by atoms with E-state index in [1.165, 1.54) is 11.1 Å². The molecule has 1 aliphatic carbocycles. The summed E-state index contributed by atoms with van der Waals surface area (Å²) in [6.45, 7) is 0. The van der Waals surface area contributed by atoms with Crippen molar-refractivity contribution in [2.45, 2.75) is 25.3 Å². The number of nitrogens with zero attached hydrogens (tertiary/aromatic N) is 2. The van der Waals surface area contributed by atoms with Crippen molar-refractivity contribution in [1.82, 2.24) is 4.98 Å². The van der Waals surface area contributed by atoms with Gasteiger partial charge in [-0.3, -0.25) is 0 Å². The van der Waals surface area contributed by atoms with E-state index in [1.807, 2.05) is 0 Å². The van der Waals surface area contributed by atoms with Gasteiger partial charge in [0.2, 0.25) is 0 Å². The van der Waals surface area contributed by atoms with E-state index in [4.69, 9.17) is 16.9 Å². The average Bonchev–Trinajstić information content (AvgIpc) is 2.47. The second-order valence-corrected chi connectivity index (χ2v) is 5.35. The van der Waals surface area contributed by atoms with Crippen LogP contribution >= 0.6 is 11.6 Å². The number of hydrogen-bond donors (Lipinski definition) is 1. The fourth-order valence-electron chi connectivity index (χ4n) is 2.72. The molecular weight excluding hydrogens is 270 g/mol. The molecule has 20 heavy (non-hydrogen) atoms. The van der Waals surface area contributed by atoms with Crippen LogP contribution in [0.25, 0.3) is 0 Å². The Kier molecular flexibility index (Phi) is 3.58. The number of aromatic nitrogens is 1. The molecule has 1 aromatic heterocycles. The number of nitriles is 1. The highest BCUT2D eigenvalue weighted by Crippen LogP contribution is 2.32. The number of pyridine rings is 1. The van der Waals surface area contributed by atoms with Crippen LogP contribution in [0.4, 0.5) is 5.82 Å². The Morgan fingerprint density at radius 2 is 2.15 bits per heavy atom. The maximum atomic E-state index is 8.99. The topological polar surface area (TPSA) is 48.7 Å². The molecule has 1 atom stereocenters. The van der Waals surface area contributed by atoms with Crippen molar-refractivity contribution >= 4 is 17.4 Å². The van der Waals surface area contributed by atoms with Crippen molar-refractivity contribution in [3.8, 4) is 6.07 Å². The van der Waals surface area contributed by atoms with E-state index in [1.54, 1.807) is 12.1 Å². The van der Waals surface area contributed by atoms with Crippen LogP contribution in [0.2, 0.25) is 5.15 Å². The second kappa shape index (κ2) is 5.52. The van der Waals surface area contributed by atoms with Gasteiger partial charge in [0, 0.05) is 0 Å². The van der Waals surface area contributed by atoms with Crippen LogP contribution < -0.4 is 5.32 Å². The predicted octanol–water partition coefficient (Wildman–Crippen LogP) is 4.10. The molecule has 100 valence electrons. The van der Waals surface area contributed by atoms with E-state index in [-0.39, 0.29) is 6.04 Å². The zero-order valence-corrected chi connectivity index (χ0v) is 11.7. The van der Waals surface area contributed by atoms with Crippen LogP contribution in [0.15, 0.2) is 36.4 Å². The fraction of sp³-hybridized carbons (Fsp3) is 0.250. The van der Waals surface area contributed by atoms with Gasteiger partial charge >= 0.3 is 0 Å². The minimum atomic E-state index is 0.234. The molecule has 1 heterocycles. The lowest BCUT2D eigenvalue weighted by molar-refractivity contribution is 0.598. The summed E-state index contributed by atoms with van der Waals surface area (Å²) in [5, 5.41) is 12.7. The fourth-order valence-corrected chi connectivity index (χ4v) is 2.93. The largest absolute Gasteiger partial charge is 0.363 e. The Bertz CT molecular complexity index is 676. The number of aryl methyl sites for hydroxylation is 1. The second-order valence-electron chi connectivity index (χ2n) is 4.96. The van der Waals surface area contributed by atoms with Crippen LogP contribution in [0, 0.1) is 11.3 Å². The Morgan fingerprint density at radius 1 is 1.30 bits per heavy atom. The smallest absolute Gasteiger partial charge is 0.132 e. The molecule has 0 bridgehead atoms. The number of fused-ring (bicyclic) bond motifs is 1. The van der Waals surface area contributed by atoms with Crippen molar-refractivity contribution in [3.05, 3.63) is 58.2 Å². The third-order valence-corrected chi connectivity index (χ3v) is 3.81. The lowest BCUT2D eigenvalue weighted by Crippen LogP contribution is -2.17. The van der Waals surface area contributed by atoms with Crippen molar-refractivity contribution in [1.29, 1.82) is 5.26 Å². The average molecular weight is 284 g/mol. The Hall–Kier alpha value is -2.05. The monoisotopic (exact) mass is 283 g/mol. The van der Waals surface area contributed by atoms with Gasteiger partial charge in [0.05, 0.1) is 17.7 Å². The highest BCUT2D eigenvalue weighted by Gasteiger charge is 2.20. The third kappa shape index (κ3) is 2.61. The molecular formula is C16H14ClN3. The molecule has 1 unspecified atom stereocenters. The highest BCUT2D eigenvalue weighted by atomic mass is 35.5. The van der Waals surface area contributed by atoms with Gasteiger partial charge in [-0.25, -0.2) is 4.98 Å². The lowest BCUT2D eigenvalue weighted by atomic mass is 9.88. The van der Waals surface area contributed by atoms with Gasteiger partial charge in [-0.15, -0.1) is 0 Å². The van der Waals surface area contributed by atoms with Gasteiger partial charge in [0.1, 0.15) is 11.0 Å². The third-order valence-electron chi connectivity index (χ3n) is 3.61. The van der Waals surface area contributed by atoms with Crippen molar-refractivity contribution in [2.24, 2.45) is 0 Å². The molecule has 0 fully saturated rings. The molecule has 1 N–H and O–H groups in total. The summed E-state index contributed by atoms with van der Waals surface area (Å²) in [4.78, 5) is 4.25. The van der Waals surface area contributed by atoms with E-state index in [2.05, 4.69) is 40.6 Å². The highest BCUT2D eigenvalue weighted by molar-refractivity contribution is 6.29. The van der Waals surface area contributed by atoms with Gasteiger partial charge in [-0.1, -0.05) is 35.9 Å². The zero-order valence-electron chi connectivity index (χ0n) is 10.9. The van der Waals surface area contributed by atoms with Gasteiger partial charge in [0.15, 0.2) is 0 Å². The maximum Gasteiger partial charge on any atom is 0.132 e. The van der Waals surface area contributed by atoms with Crippen LogP contribution in [-0.4, -0.2) is 4.98 Å². The van der Waals surface area contributed by atoms with Crippen LogP contribution in [0.5, 0.6) is 0 Å². The van der Waals surface area contributed by atoms with Gasteiger partial charge in [-0.05, 0) is 42.5 Å². The molecule has 0 radical (unpaired) electrons. The molecule has 0 spiro atoms. The van der Waals surface area contributed by atoms with Gasteiger partial charge in [0.25, 0.3) is 0 Å². The number of nitrogens with one attached hydrogen (secondary N) is 1. The lowest BCUT2D eigenvalue weighted by Gasteiger charge is -2.26. The molecule has 3 nitrogen and oxygen atoms in total. The van der Waals surface area contributed by atoms with Crippen LogP contribution in [0.3, 0.4) is 0 Å². The number of hydrogen-bond acceptors (Lipinski definition) is 3. The van der Waals surface area contributed by atoms with E-state index >= 15 is 0 Å². The molecule has 1 aromatic carbocycles. The molecule has 0 saturated heterocycles. The number of halogens is 1. The molecule has 1 aliphatic rings. The Morgan fingerprint density at radius 3 is 3.00 bits per heavy atom. The summed E-state index contributed by atoms with van der Waals surface area (Å²) in [5.41, 5.74) is 3.23. The molecule has 0 amide bonds. The quantitative estimate of drug-likeness (QED) is 0.844. The van der Waals surface area contributed by atoms with E-state index in [0.717, 1.165) is 19.3 Å². The number of anilines is 1. The van der Waals surface area contributed by atoms with E-state index in [0.29, 0.717) is 16.5 Å². The van der Waals surface area contributed by atoms with Crippen LogP contribution in [0.1, 0.15) is 35.6 Å². The first-order valence-electron chi connectivity index (χ1n) is 6.68. The molecule has 0 saturated carbocycles. The Labute approximate surface area is 123 Å². The summed E-state index contributed by atoms with van der Waals surface area (Å²) in [5.74, 6) is 0.663. The van der Waals surface area contributed by atoms with Crippen molar-refractivity contribution < 1.29 is 0 Å². The summed E-state index contributed by atoms with van der Waals surface area (Å²) >= 11 is 5.94.